The van der Waals surface area contributed by atoms with Crippen LogP contribution in [0.3, 0.4) is 0 Å². The van der Waals surface area contributed by atoms with Gasteiger partial charge in [-0.1, -0.05) is 0 Å². The van der Waals surface area contributed by atoms with Gasteiger partial charge in [-0.3, -0.25) is 0 Å². The van der Waals surface area contributed by atoms with Gasteiger partial charge in [0.1, 0.15) is 5.69 Å². The molecule has 1 heterocycles. The molecule has 0 radical (unpaired) electrons. The van der Waals surface area contributed by atoms with E-state index in [2.05, 4.69) is 10.3 Å². The zero-order valence-electron chi connectivity index (χ0n) is 9.23. The molecule has 0 aliphatic heterocycles. The highest BCUT2D eigenvalue weighted by Gasteiger charge is 2.18. The minimum absolute atomic E-state index is 0.0439. The second-order valence-corrected chi connectivity index (χ2v) is 4.86. The summed E-state index contributed by atoms with van der Waals surface area (Å²) in [5, 5.41) is 3.12. The molecule has 2 rings (SSSR count). The highest BCUT2D eigenvalue weighted by atomic mass is 32.1. The van der Waals surface area contributed by atoms with Crippen LogP contribution in [0.2, 0.25) is 0 Å². The van der Waals surface area contributed by atoms with Gasteiger partial charge in [-0.25, -0.2) is 22.5 Å². The third-order valence-corrected chi connectivity index (χ3v) is 3.13. The quantitative estimate of drug-likeness (QED) is 0.684. The molecule has 7 heteroatoms. The van der Waals surface area contributed by atoms with Gasteiger partial charge in [0.15, 0.2) is 23.3 Å². The molecule has 0 aliphatic rings. The van der Waals surface area contributed by atoms with Gasteiger partial charge in [-0.15, -0.1) is 11.3 Å². The van der Waals surface area contributed by atoms with Crippen LogP contribution in [-0.2, 0) is 6.54 Å². The zero-order chi connectivity index (χ0) is 13.3. The number of nitrogens with one attached hydrogen (secondary N) is 1. The van der Waals surface area contributed by atoms with Crippen molar-refractivity contribution in [1.82, 2.24) is 4.98 Å². The van der Waals surface area contributed by atoms with Crippen molar-refractivity contribution < 1.29 is 17.6 Å². The molecule has 96 valence electrons. The number of thiazole rings is 1. The molecule has 0 saturated carbocycles. The molecule has 0 fully saturated rings. The van der Waals surface area contributed by atoms with E-state index in [1.54, 1.807) is 6.92 Å². The van der Waals surface area contributed by atoms with Crippen LogP contribution < -0.4 is 5.32 Å². The second-order valence-electron chi connectivity index (χ2n) is 3.54. The number of halogens is 4. The van der Waals surface area contributed by atoms with Crippen LogP contribution in [0.5, 0.6) is 0 Å². The standard InChI is InChI=1S/C11H8F4N2S/c1-5-16-3-6(18-5)4-17-11-9(14)7(12)2-8(13)10(11)15/h2-3,17H,4H2,1H3. The fourth-order valence-electron chi connectivity index (χ4n) is 1.39. The smallest absolute Gasteiger partial charge is 0.185 e. The Hall–Kier alpha value is -1.63. The van der Waals surface area contributed by atoms with Gasteiger partial charge in [0, 0.05) is 17.1 Å². The molecular formula is C11H8F4N2S. The average Bonchev–Trinajstić information content (AvgIpc) is 2.73. The van der Waals surface area contributed by atoms with Crippen molar-refractivity contribution in [2.45, 2.75) is 13.5 Å². The summed E-state index contributed by atoms with van der Waals surface area (Å²) in [6.45, 7) is 1.82. The summed E-state index contributed by atoms with van der Waals surface area (Å²) >= 11 is 1.32. The van der Waals surface area contributed by atoms with E-state index in [4.69, 9.17) is 0 Å². The summed E-state index contributed by atoms with van der Waals surface area (Å²) in [5.41, 5.74) is -0.807. The lowest BCUT2D eigenvalue weighted by Crippen LogP contribution is -2.06. The molecule has 1 N–H and O–H groups in total. The maximum absolute atomic E-state index is 13.3. The first-order valence-corrected chi connectivity index (χ1v) is 5.79. The van der Waals surface area contributed by atoms with Crippen molar-refractivity contribution in [3.63, 3.8) is 0 Å². The molecule has 1 aromatic heterocycles. The second kappa shape index (κ2) is 4.93. The molecule has 0 amide bonds. The first-order chi connectivity index (χ1) is 8.49. The number of rotatable bonds is 3. The Morgan fingerprint density at radius 2 is 1.78 bits per heavy atom. The molecule has 0 bridgehead atoms. The molecular weight excluding hydrogens is 268 g/mol. The van der Waals surface area contributed by atoms with Crippen LogP contribution in [0.25, 0.3) is 0 Å². The fraction of sp³-hybridized carbons (Fsp3) is 0.182. The van der Waals surface area contributed by atoms with Crippen LogP contribution in [0.1, 0.15) is 9.88 Å². The molecule has 2 aromatic rings. The maximum Gasteiger partial charge on any atom is 0.185 e. The van der Waals surface area contributed by atoms with Gasteiger partial charge in [0.05, 0.1) is 11.6 Å². The number of hydrogen-bond acceptors (Lipinski definition) is 3. The molecule has 0 aliphatic carbocycles. The maximum atomic E-state index is 13.3. The predicted octanol–water partition coefficient (Wildman–Crippen LogP) is 3.62. The van der Waals surface area contributed by atoms with E-state index in [1.807, 2.05) is 0 Å². The highest BCUT2D eigenvalue weighted by molar-refractivity contribution is 7.11. The lowest BCUT2D eigenvalue weighted by Gasteiger charge is -2.08. The van der Waals surface area contributed by atoms with E-state index in [0.29, 0.717) is 4.88 Å². The number of aryl methyl sites for hydroxylation is 1. The van der Waals surface area contributed by atoms with E-state index < -0.39 is 29.0 Å². The molecule has 0 saturated heterocycles. The third kappa shape index (κ3) is 2.45. The Morgan fingerprint density at radius 3 is 2.28 bits per heavy atom. The van der Waals surface area contributed by atoms with E-state index in [-0.39, 0.29) is 12.6 Å². The minimum atomic E-state index is -1.44. The number of hydrogen-bond donors (Lipinski definition) is 1. The van der Waals surface area contributed by atoms with Gasteiger partial charge >= 0.3 is 0 Å². The van der Waals surface area contributed by atoms with Gasteiger partial charge in [0.2, 0.25) is 0 Å². The Labute approximate surface area is 104 Å². The lowest BCUT2D eigenvalue weighted by molar-refractivity contribution is 0.458. The van der Waals surface area contributed by atoms with Crippen molar-refractivity contribution in [3.8, 4) is 0 Å². The summed E-state index contributed by atoms with van der Waals surface area (Å²) in [6, 6.07) is 0.173. The molecule has 0 unspecified atom stereocenters. The number of anilines is 1. The van der Waals surface area contributed by atoms with Crippen molar-refractivity contribution in [2.75, 3.05) is 5.32 Å². The largest absolute Gasteiger partial charge is 0.375 e. The van der Waals surface area contributed by atoms with Gasteiger partial charge in [0.25, 0.3) is 0 Å². The third-order valence-electron chi connectivity index (χ3n) is 2.22. The first kappa shape index (κ1) is 12.8. The van der Waals surface area contributed by atoms with Crippen LogP contribution in [0.15, 0.2) is 12.3 Å². The Bertz CT molecular complexity index is 556. The Kier molecular flexibility index (Phi) is 3.51. The molecule has 0 atom stereocenters. The van der Waals surface area contributed by atoms with E-state index in [0.717, 1.165) is 5.01 Å². The summed E-state index contributed by atoms with van der Waals surface area (Å²) in [4.78, 5) is 4.66. The number of aromatic nitrogens is 1. The zero-order valence-corrected chi connectivity index (χ0v) is 10.0. The van der Waals surface area contributed by atoms with Crippen LogP contribution in [0.4, 0.5) is 23.2 Å². The molecule has 2 nitrogen and oxygen atoms in total. The van der Waals surface area contributed by atoms with Crippen molar-refractivity contribution in [2.24, 2.45) is 0 Å². The van der Waals surface area contributed by atoms with Crippen molar-refractivity contribution >= 4 is 17.0 Å². The average molecular weight is 276 g/mol. The Morgan fingerprint density at radius 1 is 1.17 bits per heavy atom. The molecule has 1 aromatic carbocycles. The minimum Gasteiger partial charge on any atom is -0.375 e. The van der Waals surface area contributed by atoms with E-state index >= 15 is 0 Å². The number of benzene rings is 1. The molecule has 0 spiro atoms. The summed E-state index contributed by atoms with van der Waals surface area (Å²) in [7, 11) is 0. The highest BCUT2D eigenvalue weighted by Crippen LogP contribution is 2.25. The number of nitrogens with zero attached hydrogens (tertiary/aromatic N) is 1. The normalized spacial score (nSPS) is 10.7. The lowest BCUT2D eigenvalue weighted by atomic mass is 10.2. The predicted molar refractivity (Wildman–Crippen MR) is 60.5 cm³/mol. The van der Waals surface area contributed by atoms with E-state index in [9.17, 15) is 17.6 Å². The van der Waals surface area contributed by atoms with Crippen molar-refractivity contribution in [3.05, 3.63) is 45.4 Å². The van der Waals surface area contributed by atoms with E-state index in [1.165, 1.54) is 17.5 Å². The summed E-state index contributed by atoms with van der Waals surface area (Å²) in [6.07, 6.45) is 1.53. The Balaban J connectivity index is 2.24. The van der Waals surface area contributed by atoms with Crippen LogP contribution >= 0.6 is 11.3 Å². The van der Waals surface area contributed by atoms with Gasteiger partial charge < -0.3 is 5.32 Å². The summed E-state index contributed by atoms with van der Waals surface area (Å²) < 4.78 is 52.4. The van der Waals surface area contributed by atoms with Crippen LogP contribution in [-0.4, -0.2) is 4.98 Å². The first-order valence-electron chi connectivity index (χ1n) is 4.97. The van der Waals surface area contributed by atoms with Gasteiger partial charge in [-0.05, 0) is 6.92 Å². The monoisotopic (exact) mass is 276 g/mol. The summed E-state index contributed by atoms with van der Waals surface area (Å²) in [5.74, 6) is -5.74. The fourth-order valence-corrected chi connectivity index (χ4v) is 2.13. The van der Waals surface area contributed by atoms with Gasteiger partial charge in [-0.2, -0.15) is 0 Å². The topological polar surface area (TPSA) is 24.9 Å². The SMILES string of the molecule is Cc1ncc(CNc2c(F)c(F)cc(F)c2F)s1. The molecule has 18 heavy (non-hydrogen) atoms. The van der Waals surface area contributed by atoms with Crippen molar-refractivity contribution in [1.29, 1.82) is 0 Å². The van der Waals surface area contributed by atoms with Crippen LogP contribution in [0, 0.1) is 30.2 Å².